The third-order valence-electron chi connectivity index (χ3n) is 3.81. The average molecular weight is 320 g/mol. The van der Waals surface area contributed by atoms with Crippen molar-refractivity contribution in [2.24, 2.45) is 5.92 Å². The molecule has 21 heavy (non-hydrogen) atoms. The van der Waals surface area contributed by atoms with Gasteiger partial charge in [0.1, 0.15) is 5.82 Å². The maximum absolute atomic E-state index is 12.1. The van der Waals surface area contributed by atoms with Gasteiger partial charge >= 0.3 is 0 Å². The molecule has 0 atom stereocenters. The minimum absolute atomic E-state index is 0.116. The van der Waals surface area contributed by atoms with Crippen LogP contribution in [0.5, 0.6) is 0 Å². The number of nitrogens with one attached hydrogen (secondary N) is 1. The summed E-state index contributed by atoms with van der Waals surface area (Å²) in [7, 11) is 0. The molecule has 0 unspecified atom stereocenters. The summed E-state index contributed by atoms with van der Waals surface area (Å²) in [5.41, 5.74) is 3.15. The molecule has 2 heterocycles. The van der Waals surface area contributed by atoms with Crippen molar-refractivity contribution in [1.82, 2.24) is 9.78 Å². The molecule has 0 radical (unpaired) electrons. The van der Waals surface area contributed by atoms with Gasteiger partial charge in [-0.2, -0.15) is 16.9 Å². The van der Waals surface area contributed by atoms with Crippen LogP contribution >= 0.6 is 23.4 Å². The molecular formula is C15H14ClN3OS. The lowest BCUT2D eigenvalue weighted by Gasteiger charge is -2.10. The first-order chi connectivity index (χ1) is 10.2. The van der Waals surface area contributed by atoms with E-state index in [2.05, 4.69) is 10.4 Å². The first kappa shape index (κ1) is 13.2. The first-order valence-corrected chi connectivity index (χ1v) is 8.51. The van der Waals surface area contributed by atoms with Crippen molar-refractivity contribution in [3.8, 4) is 5.69 Å². The van der Waals surface area contributed by atoms with E-state index >= 15 is 0 Å². The van der Waals surface area contributed by atoms with Crippen LogP contribution in [-0.2, 0) is 16.3 Å². The molecule has 1 N–H and O–H groups in total. The fourth-order valence-electron chi connectivity index (χ4n) is 2.47. The number of nitrogens with zero attached hydrogens (tertiary/aromatic N) is 2. The van der Waals surface area contributed by atoms with Crippen molar-refractivity contribution in [2.45, 2.75) is 24.3 Å². The molecule has 2 aliphatic rings. The molecule has 0 spiro atoms. The Morgan fingerprint density at radius 2 is 2.05 bits per heavy atom. The largest absolute Gasteiger partial charge is 0.310 e. The minimum atomic E-state index is 0.116. The van der Waals surface area contributed by atoms with Crippen molar-refractivity contribution in [3.05, 3.63) is 40.5 Å². The molecule has 0 bridgehead atoms. The van der Waals surface area contributed by atoms with E-state index in [9.17, 15) is 4.79 Å². The van der Waals surface area contributed by atoms with Crippen LogP contribution in [0.2, 0.25) is 5.02 Å². The number of rotatable bonds is 3. The number of carbonyl (C=O) groups excluding carboxylic acids is 1. The van der Waals surface area contributed by atoms with Crippen LogP contribution in [0.25, 0.3) is 5.69 Å². The molecule has 1 aromatic heterocycles. The number of thioether (sulfide) groups is 1. The van der Waals surface area contributed by atoms with E-state index in [0.717, 1.165) is 47.1 Å². The molecule has 6 heteroatoms. The third-order valence-corrected chi connectivity index (χ3v) is 5.04. The molecule has 2 aromatic rings. The van der Waals surface area contributed by atoms with Gasteiger partial charge in [0.25, 0.3) is 0 Å². The van der Waals surface area contributed by atoms with Crippen LogP contribution in [0, 0.1) is 5.92 Å². The molecule has 1 amide bonds. The number of halogens is 1. The molecular weight excluding hydrogens is 306 g/mol. The summed E-state index contributed by atoms with van der Waals surface area (Å²) in [6.07, 6.45) is 2.00. The van der Waals surface area contributed by atoms with E-state index in [1.54, 1.807) is 0 Å². The van der Waals surface area contributed by atoms with E-state index in [-0.39, 0.29) is 11.8 Å². The highest BCUT2D eigenvalue weighted by Crippen LogP contribution is 2.37. The zero-order valence-corrected chi connectivity index (χ0v) is 12.9. The van der Waals surface area contributed by atoms with Crippen molar-refractivity contribution in [3.63, 3.8) is 0 Å². The van der Waals surface area contributed by atoms with E-state index in [0.29, 0.717) is 5.02 Å². The quantitative estimate of drug-likeness (QED) is 0.940. The van der Waals surface area contributed by atoms with Crippen molar-refractivity contribution < 1.29 is 4.79 Å². The average Bonchev–Trinajstić information content (AvgIpc) is 3.14. The smallest absolute Gasteiger partial charge is 0.228 e. The molecule has 1 aromatic carbocycles. The van der Waals surface area contributed by atoms with E-state index in [4.69, 9.17) is 11.6 Å². The maximum atomic E-state index is 12.1. The van der Waals surface area contributed by atoms with Gasteiger partial charge in [0, 0.05) is 28.0 Å². The highest BCUT2D eigenvalue weighted by Gasteiger charge is 2.32. The van der Waals surface area contributed by atoms with Gasteiger partial charge in [-0.3, -0.25) is 4.79 Å². The van der Waals surface area contributed by atoms with Crippen molar-refractivity contribution in [1.29, 1.82) is 0 Å². The molecule has 1 aliphatic carbocycles. The van der Waals surface area contributed by atoms with Gasteiger partial charge in [-0.05, 0) is 37.1 Å². The second-order valence-electron chi connectivity index (χ2n) is 5.42. The molecule has 4 rings (SSSR count). The van der Waals surface area contributed by atoms with Gasteiger partial charge in [0.05, 0.1) is 11.4 Å². The molecule has 1 fully saturated rings. The number of hydrogen-bond donors (Lipinski definition) is 1. The predicted molar refractivity (Wildman–Crippen MR) is 84.9 cm³/mol. The first-order valence-electron chi connectivity index (χ1n) is 6.97. The highest BCUT2D eigenvalue weighted by molar-refractivity contribution is 7.98. The van der Waals surface area contributed by atoms with E-state index in [1.165, 1.54) is 0 Å². The van der Waals surface area contributed by atoms with E-state index in [1.807, 2.05) is 40.7 Å². The fraction of sp³-hybridized carbons (Fsp3) is 0.333. The second kappa shape index (κ2) is 5.07. The van der Waals surface area contributed by atoms with Crippen LogP contribution in [-0.4, -0.2) is 15.7 Å². The number of hydrogen-bond acceptors (Lipinski definition) is 3. The Hall–Kier alpha value is -1.46. The Morgan fingerprint density at radius 1 is 1.29 bits per heavy atom. The van der Waals surface area contributed by atoms with E-state index < -0.39 is 0 Å². The summed E-state index contributed by atoms with van der Waals surface area (Å²) in [5.74, 6) is 2.94. The Labute approximate surface area is 131 Å². The topological polar surface area (TPSA) is 46.9 Å². The fourth-order valence-corrected chi connectivity index (χ4v) is 3.64. The number of fused-ring (bicyclic) bond motifs is 1. The lowest BCUT2D eigenvalue weighted by atomic mass is 10.2. The zero-order chi connectivity index (χ0) is 14.4. The number of anilines is 1. The lowest BCUT2D eigenvalue weighted by Crippen LogP contribution is -2.17. The van der Waals surface area contributed by atoms with Gasteiger partial charge in [0.15, 0.2) is 0 Å². The zero-order valence-electron chi connectivity index (χ0n) is 11.3. The summed E-state index contributed by atoms with van der Waals surface area (Å²) in [6, 6.07) is 7.52. The van der Waals surface area contributed by atoms with Gasteiger partial charge in [-0.15, -0.1) is 0 Å². The van der Waals surface area contributed by atoms with Crippen molar-refractivity contribution in [2.75, 3.05) is 5.32 Å². The second-order valence-corrected chi connectivity index (χ2v) is 6.84. The molecule has 108 valence electrons. The lowest BCUT2D eigenvalue weighted by molar-refractivity contribution is -0.117. The van der Waals surface area contributed by atoms with Crippen molar-refractivity contribution >= 4 is 35.1 Å². The molecule has 4 nitrogen and oxygen atoms in total. The Bertz CT molecular complexity index is 706. The van der Waals surface area contributed by atoms with Crippen LogP contribution in [0.3, 0.4) is 0 Å². The monoisotopic (exact) mass is 319 g/mol. The van der Waals surface area contributed by atoms with Gasteiger partial charge < -0.3 is 5.32 Å². The normalized spacial score (nSPS) is 16.8. The maximum Gasteiger partial charge on any atom is 0.228 e. The predicted octanol–water partition coefficient (Wildman–Crippen LogP) is 3.62. The molecule has 1 saturated carbocycles. The Morgan fingerprint density at radius 3 is 2.76 bits per heavy atom. The van der Waals surface area contributed by atoms with Crippen LogP contribution in [0.15, 0.2) is 24.3 Å². The highest BCUT2D eigenvalue weighted by atomic mass is 35.5. The third kappa shape index (κ3) is 2.45. The number of amides is 1. The SMILES string of the molecule is O=C(Nc1c2c(nn1-c1ccc(Cl)cc1)CSC2)C1CC1. The summed E-state index contributed by atoms with van der Waals surface area (Å²) in [5, 5.41) is 8.43. The van der Waals surface area contributed by atoms with Crippen LogP contribution < -0.4 is 5.32 Å². The minimum Gasteiger partial charge on any atom is -0.310 e. The van der Waals surface area contributed by atoms with Gasteiger partial charge in [-0.25, -0.2) is 4.68 Å². The summed E-state index contributed by atoms with van der Waals surface area (Å²) < 4.78 is 1.83. The summed E-state index contributed by atoms with van der Waals surface area (Å²) >= 11 is 7.78. The number of benzene rings is 1. The van der Waals surface area contributed by atoms with Crippen LogP contribution in [0.4, 0.5) is 5.82 Å². The summed E-state index contributed by atoms with van der Waals surface area (Å²) in [6.45, 7) is 0. The standard InChI is InChI=1S/C15H14ClN3OS/c16-10-3-5-11(6-4-10)19-14(17-15(20)9-1-2-9)12-7-21-8-13(12)18-19/h3-6,9H,1-2,7-8H2,(H,17,20). The van der Waals surface area contributed by atoms with Gasteiger partial charge in [0.2, 0.25) is 5.91 Å². The molecule has 1 aliphatic heterocycles. The molecule has 0 saturated heterocycles. The summed E-state index contributed by atoms with van der Waals surface area (Å²) in [4.78, 5) is 12.1. The van der Waals surface area contributed by atoms with Crippen LogP contribution in [0.1, 0.15) is 24.1 Å². The Balaban J connectivity index is 1.75. The number of carbonyl (C=O) groups is 1. The van der Waals surface area contributed by atoms with Gasteiger partial charge in [-0.1, -0.05) is 11.6 Å². The Kier molecular flexibility index (Phi) is 3.19. The number of aromatic nitrogens is 2.